The van der Waals surface area contributed by atoms with Crippen molar-refractivity contribution in [1.29, 1.82) is 0 Å². The van der Waals surface area contributed by atoms with Gasteiger partial charge in [0.15, 0.2) is 0 Å². The molecule has 0 spiro atoms. The quantitative estimate of drug-likeness (QED) is 0.772. The van der Waals surface area contributed by atoms with Crippen molar-refractivity contribution in [1.82, 2.24) is 14.7 Å². The molecule has 6 heteroatoms. The van der Waals surface area contributed by atoms with Gasteiger partial charge in [0, 0.05) is 70.6 Å². The number of carboxylic acid groups (broad SMARTS) is 1. The molecule has 1 amide bonds. The zero-order valence-corrected chi connectivity index (χ0v) is 19.7. The lowest BCUT2D eigenvalue weighted by atomic mass is 9.91. The van der Waals surface area contributed by atoms with Gasteiger partial charge in [-0.15, -0.1) is 0 Å². The van der Waals surface area contributed by atoms with Crippen LogP contribution in [0.3, 0.4) is 0 Å². The summed E-state index contributed by atoms with van der Waals surface area (Å²) in [6.45, 7) is 10.7. The molecule has 0 aliphatic carbocycles. The molecular formula is C27H36N4O2. The van der Waals surface area contributed by atoms with E-state index in [1.807, 2.05) is 0 Å². The Balaban J connectivity index is 1.21. The van der Waals surface area contributed by atoms with Gasteiger partial charge in [0.05, 0.1) is 0 Å². The summed E-state index contributed by atoms with van der Waals surface area (Å²) >= 11 is 0. The molecule has 6 nitrogen and oxygen atoms in total. The minimum absolute atomic E-state index is 0.583. The van der Waals surface area contributed by atoms with Crippen molar-refractivity contribution < 1.29 is 9.90 Å². The molecule has 5 rings (SSSR count). The highest BCUT2D eigenvalue weighted by Crippen LogP contribution is 2.30. The number of amides is 1. The van der Waals surface area contributed by atoms with Gasteiger partial charge in [0.2, 0.25) is 0 Å². The highest BCUT2D eigenvalue weighted by molar-refractivity contribution is 5.65. The molecule has 0 bridgehead atoms. The molecule has 3 aliphatic rings. The van der Waals surface area contributed by atoms with Crippen LogP contribution < -0.4 is 4.90 Å². The second kappa shape index (κ2) is 9.74. The number of hydrogen-bond donors (Lipinski definition) is 1. The van der Waals surface area contributed by atoms with Gasteiger partial charge in [-0.3, -0.25) is 9.80 Å². The Hall–Kier alpha value is -2.57. The topological polar surface area (TPSA) is 50.3 Å². The Morgan fingerprint density at radius 2 is 1.76 bits per heavy atom. The van der Waals surface area contributed by atoms with Gasteiger partial charge in [-0.1, -0.05) is 43.3 Å². The fraction of sp³-hybridized carbons (Fsp3) is 0.519. The number of benzene rings is 2. The molecule has 2 atom stereocenters. The molecule has 33 heavy (non-hydrogen) atoms. The number of piperidine rings is 1. The van der Waals surface area contributed by atoms with E-state index in [9.17, 15) is 9.90 Å². The van der Waals surface area contributed by atoms with Crippen molar-refractivity contribution in [2.45, 2.75) is 38.9 Å². The average Bonchev–Trinajstić information content (AvgIpc) is 2.84. The minimum atomic E-state index is -0.806. The first kappa shape index (κ1) is 22.2. The summed E-state index contributed by atoms with van der Waals surface area (Å²) in [5.74, 6) is 0.723. The van der Waals surface area contributed by atoms with Crippen LogP contribution in [0.4, 0.5) is 10.5 Å². The third-order valence-corrected chi connectivity index (χ3v) is 7.63. The largest absolute Gasteiger partial charge is 0.465 e. The summed E-state index contributed by atoms with van der Waals surface area (Å²) in [4.78, 5) is 20.4. The molecule has 3 aliphatic heterocycles. The van der Waals surface area contributed by atoms with E-state index in [0.29, 0.717) is 19.1 Å². The summed E-state index contributed by atoms with van der Waals surface area (Å²) in [5, 5.41) is 9.19. The van der Waals surface area contributed by atoms with E-state index >= 15 is 0 Å². The van der Waals surface area contributed by atoms with Crippen molar-refractivity contribution in [3.05, 3.63) is 65.2 Å². The fourth-order valence-electron chi connectivity index (χ4n) is 5.89. The van der Waals surface area contributed by atoms with Crippen LogP contribution in [0.1, 0.15) is 30.0 Å². The lowest BCUT2D eigenvalue weighted by Gasteiger charge is -2.44. The third kappa shape index (κ3) is 5.17. The van der Waals surface area contributed by atoms with Crippen molar-refractivity contribution in [2.75, 3.05) is 50.7 Å². The van der Waals surface area contributed by atoms with Crippen molar-refractivity contribution in [3.8, 4) is 0 Å². The third-order valence-electron chi connectivity index (χ3n) is 7.63. The monoisotopic (exact) mass is 448 g/mol. The highest BCUT2D eigenvalue weighted by Gasteiger charge is 2.31. The van der Waals surface area contributed by atoms with Crippen LogP contribution in [-0.4, -0.2) is 77.8 Å². The molecule has 2 fully saturated rings. The van der Waals surface area contributed by atoms with Crippen LogP contribution in [-0.2, 0) is 19.5 Å². The van der Waals surface area contributed by atoms with Gasteiger partial charge < -0.3 is 14.9 Å². The molecule has 3 heterocycles. The fourth-order valence-corrected chi connectivity index (χ4v) is 5.89. The highest BCUT2D eigenvalue weighted by atomic mass is 16.4. The number of rotatable bonds is 4. The zero-order chi connectivity index (χ0) is 22.8. The van der Waals surface area contributed by atoms with Gasteiger partial charge in [0.1, 0.15) is 0 Å². The minimum Gasteiger partial charge on any atom is -0.465 e. The van der Waals surface area contributed by atoms with E-state index in [4.69, 9.17) is 0 Å². The maximum absolute atomic E-state index is 11.2. The first-order chi connectivity index (χ1) is 16.0. The predicted octanol–water partition coefficient (Wildman–Crippen LogP) is 3.76. The summed E-state index contributed by atoms with van der Waals surface area (Å²) in [5.41, 5.74) is 5.58. The van der Waals surface area contributed by atoms with E-state index in [-0.39, 0.29) is 0 Å². The lowest BCUT2D eigenvalue weighted by molar-refractivity contribution is 0.0589. The number of anilines is 1. The molecule has 176 valence electrons. The van der Waals surface area contributed by atoms with Gasteiger partial charge in [-0.2, -0.15) is 0 Å². The Kier molecular flexibility index (Phi) is 6.56. The van der Waals surface area contributed by atoms with Crippen LogP contribution in [0.2, 0.25) is 0 Å². The van der Waals surface area contributed by atoms with Gasteiger partial charge in [-0.05, 0) is 47.6 Å². The molecule has 2 saturated heterocycles. The second-order valence-electron chi connectivity index (χ2n) is 10.1. The number of carbonyl (C=O) groups is 1. The molecule has 2 aromatic rings. The number of piperazine rings is 1. The van der Waals surface area contributed by atoms with E-state index < -0.39 is 6.09 Å². The number of likely N-dealkylation sites (tertiary alicyclic amines) is 1. The van der Waals surface area contributed by atoms with Crippen molar-refractivity contribution in [2.24, 2.45) is 5.92 Å². The Bertz CT molecular complexity index is 958. The van der Waals surface area contributed by atoms with Crippen LogP contribution in [0.15, 0.2) is 48.5 Å². The maximum Gasteiger partial charge on any atom is 0.407 e. The number of nitrogens with zero attached hydrogens (tertiary/aromatic N) is 4. The SMILES string of the molecule is C[C@H]1C[C@@H](N2CCc3cc(N4CCN(C(=O)O)CC4)ccc3C2)CN(Cc2ccccc2)C1. The van der Waals surface area contributed by atoms with E-state index in [0.717, 1.165) is 51.6 Å². The first-order valence-corrected chi connectivity index (χ1v) is 12.4. The Morgan fingerprint density at radius 3 is 2.52 bits per heavy atom. The van der Waals surface area contributed by atoms with Gasteiger partial charge in [-0.25, -0.2) is 4.79 Å². The molecule has 2 aromatic carbocycles. The van der Waals surface area contributed by atoms with Crippen LogP contribution in [0.25, 0.3) is 0 Å². The predicted molar refractivity (Wildman–Crippen MR) is 132 cm³/mol. The first-order valence-electron chi connectivity index (χ1n) is 12.4. The van der Waals surface area contributed by atoms with Crippen LogP contribution in [0.5, 0.6) is 0 Å². The number of hydrogen-bond acceptors (Lipinski definition) is 4. The maximum atomic E-state index is 11.2. The van der Waals surface area contributed by atoms with E-state index in [1.165, 1.54) is 40.2 Å². The van der Waals surface area contributed by atoms with Gasteiger partial charge in [0.25, 0.3) is 0 Å². The van der Waals surface area contributed by atoms with Crippen molar-refractivity contribution >= 4 is 11.8 Å². The molecule has 0 saturated carbocycles. The second-order valence-corrected chi connectivity index (χ2v) is 10.1. The van der Waals surface area contributed by atoms with Crippen LogP contribution >= 0.6 is 0 Å². The molecule has 0 unspecified atom stereocenters. The normalized spacial score (nSPS) is 24.5. The summed E-state index contributed by atoms with van der Waals surface area (Å²) in [6.07, 6.45) is 1.58. The summed E-state index contributed by atoms with van der Waals surface area (Å²) in [6, 6.07) is 18.4. The van der Waals surface area contributed by atoms with E-state index in [2.05, 4.69) is 70.2 Å². The van der Waals surface area contributed by atoms with E-state index in [1.54, 1.807) is 0 Å². The number of fused-ring (bicyclic) bond motifs is 1. The Labute approximate surface area is 197 Å². The summed E-state index contributed by atoms with van der Waals surface area (Å²) in [7, 11) is 0. The Morgan fingerprint density at radius 1 is 0.970 bits per heavy atom. The molecule has 0 aromatic heterocycles. The smallest absolute Gasteiger partial charge is 0.407 e. The molecular weight excluding hydrogens is 412 g/mol. The summed E-state index contributed by atoms with van der Waals surface area (Å²) < 4.78 is 0. The van der Waals surface area contributed by atoms with Crippen LogP contribution in [0, 0.1) is 5.92 Å². The standard InChI is InChI=1S/C27H36N4O2/c1-21-15-26(20-28(17-21)18-22-5-3-2-4-6-22)31-10-9-23-16-25(8-7-24(23)19-31)29-11-13-30(14-12-29)27(32)33/h2-8,16,21,26H,9-15,17-20H2,1H3,(H,32,33)/t21-,26+/m0/s1. The molecule has 1 N–H and O–H groups in total. The molecule has 0 radical (unpaired) electrons. The van der Waals surface area contributed by atoms with Crippen molar-refractivity contribution in [3.63, 3.8) is 0 Å². The zero-order valence-electron chi connectivity index (χ0n) is 19.7. The average molecular weight is 449 g/mol. The van der Waals surface area contributed by atoms with Gasteiger partial charge >= 0.3 is 6.09 Å². The lowest BCUT2D eigenvalue weighted by Crippen LogP contribution is -2.51.